The van der Waals surface area contributed by atoms with Crippen molar-refractivity contribution in [3.8, 4) is 27.0 Å². The zero-order chi connectivity index (χ0) is 15.0. The Hall–Kier alpha value is -1.87. The predicted molar refractivity (Wildman–Crippen MR) is 89.7 cm³/mol. The molecule has 0 saturated heterocycles. The number of aryl methyl sites for hydroxylation is 1. The summed E-state index contributed by atoms with van der Waals surface area (Å²) in [6, 6.07) is 5.93. The molecule has 6 heteroatoms. The van der Waals surface area contributed by atoms with Gasteiger partial charge in [0, 0.05) is 18.0 Å². The lowest BCUT2D eigenvalue weighted by Crippen LogP contribution is -1.89. The highest BCUT2D eigenvalue weighted by Gasteiger charge is 2.22. The fourth-order valence-corrected chi connectivity index (χ4v) is 4.62. The van der Waals surface area contributed by atoms with Gasteiger partial charge in [-0.1, -0.05) is 11.6 Å². The molecular formula is C15H10ClN3S2. The van der Waals surface area contributed by atoms with Crippen molar-refractivity contribution in [1.29, 1.82) is 5.26 Å². The summed E-state index contributed by atoms with van der Waals surface area (Å²) in [5.41, 5.74) is 9.51. The van der Waals surface area contributed by atoms with Crippen LogP contribution in [0.1, 0.15) is 10.4 Å². The number of anilines is 1. The van der Waals surface area contributed by atoms with Crippen molar-refractivity contribution >= 4 is 40.0 Å². The SMILES string of the molecule is Cc1csc(-c2sc(C#N)c(N)c2-c2ccncc2)c1Cl. The monoisotopic (exact) mass is 331 g/mol. The summed E-state index contributed by atoms with van der Waals surface area (Å²) < 4.78 is 0. The maximum absolute atomic E-state index is 9.26. The van der Waals surface area contributed by atoms with Gasteiger partial charge in [0.15, 0.2) is 0 Å². The first-order chi connectivity index (χ1) is 10.1. The van der Waals surface area contributed by atoms with E-state index < -0.39 is 0 Å². The van der Waals surface area contributed by atoms with Gasteiger partial charge in [-0.05, 0) is 35.6 Å². The highest BCUT2D eigenvalue weighted by molar-refractivity contribution is 7.23. The van der Waals surface area contributed by atoms with Crippen LogP contribution in [-0.2, 0) is 0 Å². The molecule has 3 rings (SSSR count). The molecule has 0 unspecified atom stereocenters. The van der Waals surface area contributed by atoms with Gasteiger partial charge in [-0.2, -0.15) is 5.26 Å². The van der Waals surface area contributed by atoms with Gasteiger partial charge in [-0.3, -0.25) is 4.98 Å². The van der Waals surface area contributed by atoms with Gasteiger partial charge in [0.1, 0.15) is 10.9 Å². The third-order valence-electron chi connectivity index (χ3n) is 3.12. The maximum atomic E-state index is 9.26. The van der Waals surface area contributed by atoms with Crippen LogP contribution >= 0.6 is 34.3 Å². The first kappa shape index (κ1) is 14.1. The molecule has 21 heavy (non-hydrogen) atoms. The summed E-state index contributed by atoms with van der Waals surface area (Å²) >= 11 is 9.34. The van der Waals surface area contributed by atoms with E-state index >= 15 is 0 Å². The van der Waals surface area contributed by atoms with Crippen molar-refractivity contribution in [2.75, 3.05) is 5.73 Å². The van der Waals surface area contributed by atoms with Crippen molar-refractivity contribution in [1.82, 2.24) is 4.98 Å². The standard InChI is InChI=1S/C15H10ClN3S2/c1-8-7-20-15(12(8)16)14-11(9-2-4-19-5-3-9)13(18)10(6-17)21-14/h2-5,7H,18H2,1H3. The van der Waals surface area contributed by atoms with E-state index in [2.05, 4.69) is 11.1 Å². The third-order valence-corrected chi connectivity index (χ3v) is 6.09. The van der Waals surface area contributed by atoms with E-state index in [1.165, 1.54) is 11.3 Å². The van der Waals surface area contributed by atoms with E-state index in [9.17, 15) is 5.26 Å². The highest BCUT2D eigenvalue weighted by Crippen LogP contribution is 2.49. The molecule has 0 aliphatic heterocycles. The minimum Gasteiger partial charge on any atom is -0.396 e. The molecule has 0 bridgehead atoms. The fourth-order valence-electron chi connectivity index (χ4n) is 2.08. The van der Waals surface area contributed by atoms with Crippen LogP contribution in [0.15, 0.2) is 29.9 Å². The number of nitrogens with zero attached hydrogens (tertiary/aromatic N) is 2. The molecule has 0 atom stereocenters. The molecule has 0 spiro atoms. The smallest absolute Gasteiger partial charge is 0.129 e. The maximum Gasteiger partial charge on any atom is 0.129 e. The van der Waals surface area contributed by atoms with Gasteiger partial charge in [0.05, 0.1) is 20.5 Å². The summed E-state index contributed by atoms with van der Waals surface area (Å²) in [5, 5.41) is 12.0. The van der Waals surface area contributed by atoms with E-state index in [1.807, 2.05) is 24.4 Å². The van der Waals surface area contributed by atoms with E-state index in [-0.39, 0.29) is 0 Å². The molecule has 104 valence electrons. The minimum atomic E-state index is 0.505. The number of pyridine rings is 1. The van der Waals surface area contributed by atoms with Gasteiger partial charge in [-0.25, -0.2) is 0 Å². The van der Waals surface area contributed by atoms with Crippen LogP contribution in [0.25, 0.3) is 20.9 Å². The molecular weight excluding hydrogens is 322 g/mol. The molecule has 0 fully saturated rings. The first-order valence-corrected chi connectivity index (χ1v) is 8.17. The zero-order valence-corrected chi connectivity index (χ0v) is 13.4. The van der Waals surface area contributed by atoms with Gasteiger partial charge < -0.3 is 5.73 Å². The second-order valence-electron chi connectivity index (χ2n) is 4.46. The molecule has 0 amide bonds. The summed E-state index contributed by atoms with van der Waals surface area (Å²) in [6.07, 6.45) is 3.42. The molecule has 3 aromatic heterocycles. The Balaban J connectivity index is 2.31. The summed E-state index contributed by atoms with van der Waals surface area (Å²) in [4.78, 5) is 6.44. The number of rotatable bonds is 2. The second-order valence-corrected chi connectivity index (χ2v) is 6.74. The Kier molecular flexibility index (Phi) is 3.68. The van der Waals surface area contributed by atoms with Crippen molar-refractivity contribution in [3.63, 3.8) is 0 Å². The third kappa shape index (κ3) is 2.32. The number of nitrogens with two attached hydrogens (primary N) is 1. The van der Waals surface area contributed by atoms with Crippen LogP contribution in [0.3, 0.4) is 0 Å². The molecule has 0 saturated carbocycles. The summed E-state index contributed by atoms with van der Waals surface area (Å²) in [6.45, 7) is 1.97. The Bertz CT molecular complexity index is 844. The summed E-state index contributed by atoms with van der Waals surface area (Å²) in [5.74, 6) is 0. The Morgan fingerprint density at radius 1 is 1.29 bits per heavy atom. The lowest BCUT2D eigenvalue weighted by atomic mass is 10.0. The highest BCUT2D eigenvalue weighted by atomic mass is 35.5. The van der Waals surface area contributed by atoms with E-state index in [0.717, 1.165) is 31.5 Å². The van der Waals surface area contributed by atoms with Gasteiger partial charge >= 0.3 is 0 Å². The molecule has 3 aromatic rings. The number of halogens is 1. The van der Waals surface area contributed by atoms with Crippen LogP contribution in [0, 0.1) is 18.3 Å². The van der Waals surface area contributed by atoms with Crippen molar-refractivity contribution in [2.24, 2.45) is 0 Å². The predicted octanol–water partition coefficient (Wildman–Crippen LogP) is 4.95. The number of hydrogen-bond donors (Lipinski definition) is 1. The Labute approximate surface area is 135 Å². The van der Waals surface area contributed by atoms with Crippen LogP contribution in [0.4, 0.5) is 5.69 Å². The number of thiophene rings is 2. The molecule has 0 aliphatic rings. The zero-order valence-electron chi connectivity index (χ0n) is 11.1. The molecule has 3 heterocycles. The van der Waals surface area contributed by atoms with Gasteiger partial charge in [0.2, 0.25) is 0 Å². The summed E-state index contributed by atoms with van der Waals surface area (Å²) in [7, 11) is 0. The number of aromatic nitrogens is 1. The molecule has 3 nitrogen and oxygen atoms in total. The van der Waals surface area contributed by atoms with Crippen LogP contribution in [0.2, 0.25) is 5.02 Å². The largest absolute Gasteiger partial charge is 0.396 e. The fraction of sp³-hybridized carbons (Fsp3) is 0.0667. The quantitative estimate of drug-likeness (QED) is 0.722. The van der Waals surface area contributed by atoms with Crippen LogP contribution in [-0.4, -0.2) is 4.98 Å². The number of hydrogen-bond acceptors (Lipinski definition) is 5. The van der Waals surface area contributed by atoms with Crippen molar-refractivity contribution < 1.29 is 0 Å². The molecule has 0 radical (unpaired) electrons. The van der Waals surface area contributed by atoms with E-state index in [0.29, 0.717) is 10.6 Å². The number of nitriles is 1. The molecule has 2 N–H and O–H groups in total. The lowest BCUT2D eigenvalue weighted by molar-refractivity contribution is 1.33. The number of nitrogen functional groups attached to an aromatic ring is 1. The van der Waals surface area contributed by atoms with Gasteiger partial charge in [-0.15, -0.1) is 22.7 Å². The van der Waals surface area contributed by atoms with E-state index in [1.54, 1.807) is 23.7 Å². The van der Waals surface area contributed by atoms with Crippen LogP contribution in [0.5, 0.6) is 0 Å². The lowest BCUT2D eigenvalue weighted by Gasteiger charge is -2.04. The molecule has 0 aromatic carbocycles. The topological polar surface area (TPSA) is 62.7 Å². The van der Waals surface area contributed by atoms with Gasteiger partial charge in [0.25, 0.3) is 0 Å². The van der Waals surface area contributed by atoms with Crippen molar-refractivity contribution in [2.45, 2.75) is 6.92 Å². The minimum absolute atomic E-state index is 0.505. The first-order valence-electron chi connectivity index (χ1n) is 6.10. The second kappa shape index (κ2) is 5.49. The normalized spacial score (nSPS) is 10.5. The Morgan fingerprint density at radius 3 is 2.57 bits per heavy atom. The van der Waals surface area contributed by atoms with E-state index in [4.69, 9.17) is 17.3 Å². The Morgan fingerprint density at radius 2 is 2.00 bits per heavy atom. The average Bonchev–Trinajstić information content (AvgIpc) is 3.00. The van der Waals surface area contributed by atoms with Crippen LogP contribution < -0.4 is 5.73 Å². The average molecular weight is 332 g/mol. The van der Waals surface area contributed by atoms with Crippen molar-refractivity contribution in [3.05, 3.63) is 45.4 Å². The molecule has 0 aliphatic carbocycles.